The van der Waals surface area contributed by atoms with Gasteiger partial charge < -0.3 is 4.74 Å². The van der Waals surface area contributed by atoms with E-state index < -0.39 is 0 Å². The normalized spacial score (nSPS) is 22.0. The molecule has 0 radical (unpaired) electrons. The van der Waals surface area contributed by atoms with Crippen molar-refractivity contribution in [2.75, 3.05) is 6.61 Å². The van der Waals surface area contributed by atoms with Gasteiger partial charge >= 0.3 is 5.97 Å². The quantitative estimate of drug-likeness (QED) is 0.358. The molecule has 0 aromatic heterocycles. The molecule has 158 valence electrons. The van der Waals surface area contributed by atoms with Gasteiger partial charge in [0, 0.05) is 17.6 Å². The van der Waals surface area contributed by atoms with Crippen LogP contribution in [-0.4, -0.2) is 18.5 Å². The van der Waals surface area contributed by atoms with Gasteiger partial charge in [-0.15, -0.1) is 0 Å². The molecule has 0 fully saturated rings. The van der Waals surface area contributed by atoms with Gasteiger partial charge in [0.1, 0.15) is 5.94 Å². The lowest BCUT2D eigenvalue weighted by molar-refractivity contribution is -0.138. The molecule has 0 amide bonds. The minimum atomic E-state index is -0.313. The van der Waals surface area contributed by atoms with Gasteiger partial charge in [-0.05, 0) is 64.5 Å². The molecule has 0 heterocycles. The Labute approximate surface area is 180 Å². The van der Waals surface area contributed by atoms with E-state index in [0.29, 0.717) is 30.1 Å². The van der Waals surface area contributed by atoms with Gasteiger partial charge in [0.05, 0.1) is 6.61 Å². The van der Waals surface area contributed by atoms with E-state index >= 15 is 0 Å². The fraction of sp³-hybridized carbons (Fsp3) is 0.444. The highest BCUT2D eigenvalue weighted by Crippen LogP contribution is 2.54. The molecule has 3 rings (SSSR count). The van der Waals surface area contributed by atoms with E-state index in [1.165, 1.54) is 11.1 Å². The van der Waals surface area contributed by atoms with Crippen LogP contribution in [0.3, 0.4) is 0 Å². The van der Waals surface area contributed by atoms with Gasteiger partial charge in [0.15, 0.2) is 0 Å². The second-order valence-corrected chi connectivity index (χ2v) is 9.47. The molecule has 3 nitrogen and oxygen atoms in total. The number of esters is 1. The zero-order valence-corrected chi connectivity index (χ0v) is 19.2. The molecular weight excluding hydrogens is 372 g/mol. The number of ether oxygens (including phenoxy) is 1. The topological polar surface area (TPSA) is 43.4 Å². The summed E-state index contributed by atoms with van der Waals surface area (Å²) in [5.74, 6) is 2.14. The second kappa shape index (κ2) is 7.89. The van der Waals surface area contributed by atoms with Gasteiger partial charge in [0.25, 0.3) is 0 Å². The standard InChI is InChI=1S/C27H32O3/c1-8-30-25(29)17(2)24(20-11-9-19(16-28)10-12-20)21-13-14-22-23(15-21)27(6,7)18(3)26(22,4)5/h9,11-15,18H,8,10H2,1-7H3/b24-17-. The Hall–Kier alpha value is -2.64. The Bertz CT molecular complexity index is 1020. The van der Waals surface area contributed by atoms with Crippen molar-refractivity contribution >= 4 is 17.5 Å². The summed E-state index contributed by atoms with van der Waals surface area (Å²) >= 11 is 0. The van der Waals surface area contributed by atoms with Crippen molar-refractivity contribution in [1.82, 2.24) is 0 Å². The van der Waals surface area contributed by atoms with Crippen LogP contribution in [0.15, 0.2) is 53.1 Å². The SMILES string of the molecule is CCOC(=O)/C(C)=C(/C1=CCC(=C=O)C=C1)c1ccc2c(c1)C(C)(C)C(C)C2(C)C. The number of hydrogen-bond acceptors (Lipinski definition) is 3. The van der Waals surface area contributed by atoms with E-state index in [-0.39, 0.29) is 16.8 Å². The molecule has 30 heavy (non-hydrogen) atoms. The maximum atomic E-state index is 12.6. The molecule has 1 unspecified atom stereocenters. The van der Waals surface area contributed by atoms with Crippen LogP contribution in [0.25, 0.3) is 5.57 Å². The first-order valence-electron chi connectivity index (χ1n) is 10.7. The van der Waals surface area contributed by atoms with E-state index in [1.54, 1.807) is 6.08 Å². The molecule has 1 atom stereocenters. The van der Waals surface area contributed by atoms with Gasteiger partial charge in [-0.2, -0.15) is 0 Å². The number of carbonyl (C=O) groups is 1. The zero-order valence-electron chi connectivity index (χ0n) is 19.2. The van der Waals surface area contributed by atoms with Crippen LogP contribution >= 0.6 is 0 Å². The van der Waals surface area contributed by atoms with E-state index in [1.807, 2.05) is 31.9 Å². The maximum absolute atomic E-state index is 12.6. The third-order valence-corrected chi connectivity index (χ3v) is 7.24. The highest BCUT2D eigenvalue weighted by atomic mass is 16.5. The van der Waals surface area contributed by atoms with Crippen molar-refractivity contribution in [3.05, 3.63) is 69.8 Å². The first kappa shape index (κ1) is 22.1. The average molecular weight is 405 g/mol. The van der Waals surface area contributed by atoms with Gasteiger partial charge in [0.2, 0.25) is 0 Å². The van der Waals surface area contributed by atoms with Crippen molar-refractivity contribution in [2.45, 2.75) is 65.7 Å². The minimum Gasteiger partial charge on any atom is -0.463 e. The second-order valence-electron chi connectivity index (χ2n) is 9.47. The molecule has 1 aromatic rings. The van der Waals surface area contributed by atoms with Gasteiger partial charge in [-0.3, -0.25) is 0 Å². The lowest BCUT2D eigenvalue weighted by atomic mass is 9.71. The molecule has 3 heteroatoms. The highest BCUT2D eigenvalue weighted by Gasteiger charge is 2.48. The van der Waals surface area contributed by atoms with Crippen molar-refractivity contribution < 1.29 is 14.3 Å². The van der Waals surface area contributed by atoms with Crippen molar-refractivity contribution in [3.8, 4) is 0 Å². The van der Waals surface area contributed by atoms with Crippen molar-refractivity contribution in [2.24, 2.45) is 5.92 Å². The molecule has 1 aromatic carbocycles. The number of carbonyl (C=O) groups excluding carboxylic acids is 2. The molecule has 2 aliphatic carbocycles. The van der Waals surface area contributed by atoms with E-state index in [2.05, 4.69) is 52.8 Å². The monoisotopic (exact) mass is 404 g/mol. The molecular formula is C27H32O3. The van der Waals surface area contributed by atoms with E-state index in [0.717, 1.165) is 16.7 Å². The Balaban J connectivity index is 2.20. The maximum Gasteiger partial charge on any atom is 0.334 e. The minimum absolute atomic E-state index is 0.0298. The lowest BCUT2D eigenvalue weighted by Gasteiger charge is -2.32. The Kier molecular flexibility index (Phi) is 5.80. The van der Waals surface area contributed by atoms with E-state index in [9.17, 15) is 9.59 Å². The summed E-state index contributed by atoms with van der Waals surface area (Å²) < 4.78 is 5.31. The Morgan fingerprint density at radius 2 is 1.80 bits per heavy atom. The van der Waals surface area contributed by atoms with Crippen LogP contribution in [-0.2, 0) is 25.2 Å². The third kappa shape index (κ3) is 3.52. The number of fused-ring (bicyclic) bond motifs is 1. The summed E-state index contributed by atoms with van der Waals surface area (Å²) in [6.07, 6.45) is 6.18. The van der Waals surface area contributed by atoms with Crippen LogP contribution in [0.4, 0.5) is 0 Å². The smallest absolute Gasteiger partial charge is 0.334 e. The largest absolute Gasteiger partial charge is 0.463 e. The van der Waals surface area contributed by atoms with Crippen LogP contribution in [0.5, 0.6) is 0 Å². The zero-order chi connectivity index (χ0) is 22.3. The predicted octanol–water partition coefficient (Wildman–Crippen LogP) is 5.87. The van der Waals surface area contributed by atoms with Gasteiger partial charge in [-0.1, -0.05) is 65.0 Å². The van der Waals surface area contributed by atoms with Crippen LogP contribution in [0.1, 0.15) is 71.6 Å². The summed E-state index contributed by atoms with van der Waals surface area (Å²) in [5.41, 5.74) is 6.82. The van der Waals surface area contributed by atoms with E-state index in [4.69, 9.17) is 4.74 Å². The molecule has 0 aliphatic heterocycles. The van der Waals surface area contributed by atoms with Crippen molar-refractivity contribution in [3.63, 3.8) is 0 Å². The summed E-state index contributed by atoms with van der Waals surface area (Å²) in [7, 11) is 0. The predicted molar refractivity (Wildman–Crippen MR) is 122 cm³/mol. The molecule has 0 saturated carbocycles. The molecule has 0 N–H and O–H groups in total. The summed E-state index contributed by atoms with van der Waals surface area (Å²) in [5, 5.41) is 0. The molecule has 0 spiro atoms. The fourth-order valence-corrected chi connectivity index (χ4v) is 4.91. The van der Waals surface area contributed by atoms with Gasteiger partial charge in [-0.25, -0.2) is 9.59 Å². The van der Waals surface area contributed by atoms with Crippen LogP contribution < -0.4 is 0 Å². The average Bonchev–Trinajstić information content (AvgIpc) is 2.86. The summed E-state index contributed by atoms with van der Waals surface area (Å²) in [6, 6.07) is 6.59. The summed E-state index contributed by atoms with van der Waals surface area (Å²) in [4.78, 5) is 23.6. The lowest BCUT2D eigenvalue weighted by Crippen LogP contribution is -2.30. The number of rotatable bonds is 4. The first-order chi connectivity index (χ1) is 14.1. The molecule has 2 aliphatic rings. The third-order valence-electron chi connectivity index (χ3n) is 7.24. The Morgan fingerprint density at radius 3 is 2.37 bits per heavy atom. The molecule has 0 saturated heterocycles. The fourth-order valence-electron chi connectivity index (χ4n) is 4.91. The number of benzene rings is 1. The summed E-state index contributed by atoms with van der Waals surface area (Å²) in [6.45, 7) is 15.5. The first-order valence-corrected chi connectivity index (χ1v) is 10.7. The Morgan fingerprint density at radius 1 is 1.13 bits per heavy atom. The van der Waals surface area contributed by atoms with Crippen LogP contribution in [0, 0.1) is 5.92 Å². The number of hydrogen-bond donors (Lipinski definition) is 0. The molecule has 0 bridgehead atoms. The highest BCUT2D eigenvalue weighted by molar-refractivity contribution is 6.02. The van der Waals surface area contributed by atoms with Crippen LogP contribution in [0.2, 0.25) is 0 Å². The number of allylic oxidation sites excluding steroid dienone is 6. The van der Waals surface area contributed by atoms with Crippen molar-refractivity contribution in [1.29, 1.82) is 0 Å².